The molecular weight excluding hydrogens is 310 g/mol. The van der Waals surface area contributed by atoms with E-state index in [0.717, 1.165) is 27.9 Å². The van der Waals surface area contributed by atoms with Crippen LogP contribution in [0.2, 0.25) is 5.02 Å². The topological polar surface area (TPSA) is 31.4 Å². The molecule has 0 bridgehead atoms. The highest BCUT2D eigenvalue weighted by Crippen LogP contribution is 2.26. The summed E-state index contributed by atoms with van der Waals surface area (Å²) in [6, 6.07) is 15.5. The smallest absolute Gasteiger partial charge is 0.145 e. The van der Waals surface area contributed by atoms with Crippen LogP contribution in [0.3, 0.4) is 0 Å². The Kier molecular flexibility index (Phi) is 4.49. The highest BCUT2D eigenvalue weighted by atomic mass is 35.5. The molecule has 3 nitrogen and oxygen atoms in total. The molecule has 0 N–H and O–H groups in total. The SMILES string of the molecule is COc1ccc(/C=C/c2ccc3cccc(OC)c3n2)cc1Cl. The van der Waals surface area contributed by atoms with E-state index < -0.39 is 0 Å². The molecule has 0 fully saturated rings. The summed E-state index contributed by atoms with van der Waals surface area (Å²) in [5, 5.41) is 1.64. The highest BCUT2D eigenvalue weighted by Gasteiger charge is 2.03. The van der Waals surface area contributed by atoms with Crippen LogP contribution in [0.15, 0.2) is 48.5 Å². The molecule has 0 aliphatic rings. The van der Waals surface area contributed by atoms with Gasteiger partial charge in [-0.3, -0.25) is 0 Å². The van der Waals surface area contributed by atoms with E-state index in [1.807, 2.05) is 60.7 Å². The van der Waals surface area contributed by atoms with Crippen LogP contribution in [-0.2, 0) is 0 Å². The number of hydrogen-bond acceptors (Lipinski definition) is 3. The minimum absolute atomic E-state index is 0.586. The molecule has 2 aromatic carbocycles. The number of fused-ring (bicyclic) bond motifs is 1. The summed E-state index contributed by atoms with van der Waals surface area (Å²) in [6.07, 6.45) is 3.92. The maximum absolute atomic E-state index is 6.14. The Balaban J connectivity index is 1.93. The first kappa shape index (κ1) is 15.4. The third kappa shape index (κ3) is 3.30. The Morgan fingerprint density at radius 1 is 0.913 bits per heavy atom. The Morgan fingerprint density at radius 3 is 2.48 bits per heavy atom. The number of rotatable bonds is 4. The fourth-order valence-electron chi connectivity index (χ4n) is 2.36. The van der Waals surface area contributed by atoms with Crippen molar-refractivity contribution in [2.45, 2.75) is 0 Å². The van der Waals surface area contributed by atoms with E-state index in [0.29, 0.717) is 10.8 Å². The van der Waals surface area contributed by atoms with Gasteiger partial charge in [-0.2, -0.15) is 0 Å². The van der Waals surface area contributed by atoms with Crippen molar-refractivity contribution in [2.24, 2.45) is 0 Å². The fraction of sp³-hybridized carbons (Fsp3) is 0.105. The van der Waals surface area contributed by atoms with Crippen molar-refractivity contribution in [1.82, 2.24) is 4.98 Å². The average molecular weight is 326 g/mol. The van der Waals surface area contributed by atoms with Crippen molar-refractivity contribution in [2.75, 3.05) is 14.2 Å². The number of para-hydroxylation sites is 1. The molecule has 0 atom stereocenters. The summed E-state index contributed by atoms with van der Waals surface area (Å²) in [5.74, 6) is 1.43. The molecule has 0 saturated heterocycles. The number of nitrogens with zero attached hydrogens (tertiary/aromatic N) is 1. The summed E-state index contributed by atoms with van der Waals surface area (Å²) in [7, 11) is 3.25. The van der Waals surface area contributed by atoms with E-state index in [1.54, 1.807) is 14.2 Å². The Labute approximate surface area is 140 Å². The normalized spacial score (nSPS) is 11.1. The summed E-state index contributed by atoms with van der Waals surface area (Å²) in [6.45, 7) is 0. The fourth-order valence-corrected chi connectivity index (χ4v) is 2.63. The molecule has 4 heteroatoms. The van der Waals surface area contributed by atoms with Crippen LogP contribution in [0.5, 0.6) is 11.5 Å². The van der Waals surface area contributed by atoms with Gasteiger partial charge >= 0.3 is 0 Å². The summed E-state index contributed by atoms with van der Waals surface area (Å²) in [5.41, 5.74) is 2.69. The van der Waals surface area contributed by atoms with Crippen LogP contribution in [-0.4, -0.2) is 19.2 Å². The summed E-state index contributed by atoms with van der Waals surface area (Å²) in [4.78, 5) is 4.65. The molecule has 0 amide bonds. The first-order chi connectivity index (χ1) is 11.2. The van der Waals surface area contributed by atoms with E-state index in [9.17, 15) is 0 Å². The van der Waals surface area contributed by atoms with Gasteiger partial charge in [-0.15, -0.1) is 0 Å². The van der Waals surface area contributed by atoms with Gasteiger partial charge in [0.1, 0.15) is 17.0 Å². The average Bonchev–Trinajstić information content (AvgIpc) is 2.59. The third-order valence-corrected chi connectivity index (χ3v) is 3.84. The van der Waals surface area contributed by atoms with E-state index in [-0.39, 0.29) is 0 Å². The van der Waals surface area contributed by atoms with Crippen molar-refractivity contribution in [3.63, 3.8) is 0 Å². The molecule has 1 aromatic heterocycles. The van der Waals surface area contributed by atoms with Gasteiger partial charge in [-0.1, -0.05) is 41.9 Å². The number of pyridine rings is 1. The lowest BCUT2D eigenvalue weighted by Gasteiger charge is -2.05. The molecule has 116 valence electrons. The quantitative estimate of drug-likeness (QED) is 0.670. The second kappa shape index (κ2) is 6.71. The standard InChI is InChI=1S/C19H16ClNO2/c1-22-17-11-7-13(12-16(17)20)6-9-15-10-8-14-4-3-5-18(23-2)19(14)21-15/h3-12H,1-2H3/b9-6+. The zero-order valence-electron chi connectivity index (χ0n) is 12.9. The van der Waals surface area contributed by atoms with Crippen molar-refractivity contribution in [3.8, 4) is 11.5 Å². The van der Waals surface area contributed by atoms with Gasteiger partial charge in [0.25, 0.3) is 0 Å². The molecule has 0 spiro atoms. The molecule has 0 saturated carbocycles. The van der Waals surface area contributed by atoms with Crippen LogP contribution < -0.4 is 9.47 Å². The second-order valence-electron chi connectivity index (χ2n) is 5.00. The number of ether oxygens (including phenoxy) is 2. The Morgan fingerprint density at radius 2 is 1.74 bits per heavy atom. The Bertz CT molecular complexity index is 874. The van der Waals surface area contributed by atoms with Crippen LogP contribution in [0.25, 0.3) is 23.1 Å². The number of halogens is 1. The van der Waals surface area contributed by atoms with Crippen molar-refractivity contribution >= 4 is 34.7 Å². The highest BCUT2D eigenvalue weighted by molar-refractivity contribution is 6.32. The molecule has 3 aromatic rings. The van der Waals surface area contributed by atoms with Crippen LogP contribution in [0.1, 0.15) is 11.3 Å². The van der Waals surface area contributed by atoms with Crippen molar-refractivity contribution in [3.05, 3.63) is 64.8 Å². The van der Waals surface area contributed by atoms with Gasteiger partial charge in [-0.05, 0) is 35.9 Å². The molecule has 0 aliphatic carbocycles. The molecule has 0 unspecified atom stereocenters. The largest absolute Gasteiger partial charge is 0.495 e. The molecule has 0 radical (unpaired) electrons. The lowest BCUT2D eigenvalue weighted by atomic mass is 10.1. The molecular formula is C19H16ClNO2. The lowest BCUT2D eigenvalue weighted by Crippen LogP contribution is -1.89. The zero-order chi connectivity index (χ0) is 16.2. The number of benzene rings is 2. The van der Waals surface area contributed by atoms with E-state index in [1.165, 1.54) is 0 Å². The number of methoxy groups -OCH3 is 2. The lowest BCUT2D eigenvalue weighted by molar-refractivity contribution is 0.415. The molecule has 1 heterocycles. The van der Waals surface area contributed by atoms with Crippen LogP contribution in [0.4, 0.5) is 0 Å². The van der Waals surface area contributed by atoms with Gasteiger partial charge in [0.05, 0.1) is 24.9 Å². The van der Waals surface area contributed by atoms with Crippen LogP contribution in [0, 0.1) is 0 Å². The van der Waals surface area contributed by atoms with E-state index >= 15 is 0 Å². The van der Waals surface area contributed by atoms with Gasteiger partial charge in [0.2, 0.25) is 0 Å². The summed E-state index contributed by atoms with van der Waals surface area (Å²) >= 11 is 6.14. The molecule has 3 rings (SSSR count). The maximum Gasteiger partial charge on any atom is 0.145 e. The second-order valence-corrected chi connectivity index (χ2v) is 5.40. The zero-order valence-corrected chi connectivity index (χ0v) is 13.7. The van der Waals surface area contributed by atoms with Gasteiger partial charge in [0, 0.05) is 5.39 Å². The summed E-state index contributed by atoms with van der Waals surface area (Å²) < 4.78 is 10.5. The first-order valence-electron chi connectivity index (χ1n) is 7.16. The monoisotopic (exact) mass is 325 g/mol. The predicted octanol–water partition coefficient (Wildman–Crippen LogP) is 5.08. The van der Waals surface area contributed by atoms with Crippen molar-refractivity contribution < 1.29 is 9.47 Å². The van der Waals surface area contributed by atoms with Gasteiger partial charge < -0.3 is 9.47 Å². The third-order valence-electron chi connectivity index (χ3n) is 3.55. The number of hydrogen-bond donors (Lipinski definition) is 0. The maximum atomic E-state index is 6.14. The molecule has 23 heavy (non-hydrogen) atoms. The molecule has 0 aliphatic heterocycles. The van der Waals surface area contributed by atoms with Crippen LogP contribution >= 0.6 is 11.6 Å². The minimum atomic E-state index is 0.586. The first-order valence-corrected chi connectivity index (χ1v) is 7.54. The van der Waals surface area contributed by atoms with Gasteiger partial charge in [-0.25, -0.2) is 4.98 Å². The predicted molar refractivity (Wildman–Crippen MR) is 95.2 cm³/mol. The van der Waals surface area contributed by atoms with E-state index in [4.69, 9.17) is 21.1 Å². The van der Waals surface area contributed by atoms with Gasteiger partial charge in [0.15, 0.2) is 0 Å². The minimum Gasteiger partial charge on any atom is -0.495 e. The Hall–Kier alpha value is -2.52. The number of aromatic nitrogens is 1. The van der Waals surface area contributed by atoms with Crippen molar-refractivity contribution in [1.29, 1.82) is 0 Å². The van der Waals surface area contributed by atoms with E-state index in [2.05, 4.69) is 4.98 Å².